The minimum atomic E-state index is -0.500. The van der Waals surface area contributed by atoms with Crippen molar-refractivity contribution < 1.29 is 14.6 Å². The van der Waals surface area contributed by atoms with Crippen LogP contribution in [-0.4, -0.2) is 27.2 Å². The molecular formula is C23H20N6O5. The third kappa shape index (κ3) is 6.07. The van der Waals surface area contributed by atoms with Gasteiger partial charge in [-0.2, -0.15) is 10.2 Å². The zero-order chi connectivity index (χ0) is 24.7. The number of non-ortho nitro benzene ring substituents is 2. The zero-order valence-corrected chi connectivity index (χ0v) is 18.3. The van der Waals surface area contributed by atoms with E-state index in [1.165, 1.54) is 24.3 Å². The highest BCUT2D eigenvalue weighted by Gasteiger charge is 2.10. The Morgan fingerprint density at radius 2 is 1.24 bits per heavy atom. The van der Waals surface area contributed by atoms with Gasteiger partial charge in [0.2, 0.25) is 0 Å². The first-order valence-electron chi connectivity index (χ1n) is 9.99. The van der Waals surface area contributed by atoms with E-state index in [2.05, 4.69) is 21.1 Å². The fourth-order valence-electron chi connectivity index (χ4n) is 2.86. The largest absolute Gasteiger partial charge is 0.278 e. The molecule has 3 rings (SSSR count). The topological polar surface area (TPSA) is 152 Å². The van der Waals surface area contributed by atoms with Crippen LogP contribution in [-0.2, 0) is 0 Å². The molecule has 0 aliphatic rings. The number of nitrogens with one attached hydrogen (secondary N) is 2. The third-order valence-electron chi connectivity index (χ3n) is 4.77. The SMILES string of the molecule is C/C(=N\NC(=O)c1ccc(N/N=C(\C)c2cccc([N+](=O)[O-])c2)cc1)c1cccc([N+](=O)[O-])c1. The van der Waals surface area contributed by atoms with Crippen LogP contribution in [0, 0.1) is 20.2 Å². The van der Waals surface area contributed by atoms with Crippen molar-refractivity contribution in [3.63, 3.8) is 0 Å². The summed E-state index contributed by atoms with van der Waals surface area (Å²) in [6, 6.07) is 18.6. The van der Waals surface area contributed by atoms with E-state index in [1.54, 1.807) is 62.4 Å². The Balaban J connectivity index is 1.63. The number of hydrazone groups is 2. The van der Waals surface area contributed by atoms with Gasteiger partial charge in [-0.1, -0.05) is 24.3 Å². The van der Waals surface area contributed by atoms with Crippen molar-refractivity contribution in [1.82, 2.24) is 5.43 Å². The smallest absolute Gasteiger partial charge is 0.271 e. The Hall–Kier alpha value is -4.93. The number of anilines is 1. The van der Waals surface area contributed by atoms with Gasteiger partial charge in [0.1, 0.15) is 0 Å². The van der Waals surface area contributed by atoms with Crippen molar-refractivity contribution in [2.75, 3.05) is 5.43 Å². The van der Waals surface area contributed by atoms with Crippen LogP contribution in [0.1, 0.15) is 35.3 Å². The minimum Gasteiger partial charge on any atom is -0.278 e. The van der Waals surface area contributed by atoms with Gasteiger partial charge in [-0.05, 0) is 38.1 Å². The molecule has 0 aliphatic carbocycles. The van der Waals surface area contributed by atoms with Crippen molar-refractivity contribution in [3.05, 3.63) is 110 Å². The summed E-state index contributed by atoms with van der Waals surface area (Å²) in [5.41, 5.74) is 8.24. The number of nitrogens with zero attached hydrogens (tertiary/aromatic N) is 4. The number of carbonyl (C=O) groups is 1. The monoisotopic (exact) mass is 460 g/mol. The van der Waals surface area contributed by atoms with Crippen LogP contribution in [0.15, 0.2) is 83.0 Å². The first-order valence-corrected chi connectivity index (χ1v) is 9.99. The highest BCUT2D eigenvalue weighted by Crippen LogP contribution is 2.16. The number of hydrogen-bond acceptors (Lipinski definition) is 8. The standard InChI is InChI=1S/C23H20N6O5/c1-15(18-5-3-7-21(13-18)28(31)32)24-26-20-11-9-17(10-12-20)23(30)27-25-16(2)19-6-4-8-22(14-19)29(33)34/h3-14,26H,1-2H3,(H,27,30)/b24-15+,25-16+. The van der Waals surface area contributed by atoms with Crippen molar-refractivity contribution in [3.8, 4) is 0 Å². The zero-order valence-electron chi connectivity index (χ0n) is 18.3. The van der Waals surface area contributed by atoms with E-state index in [9.17, 15) is 25.0 Å². The average molecular weight is 460 g/mol. The second-order valence-electron chi connectivity index (χ2n) is 7.14. The number of rotatable bonds is 8. The molecule has 0 heterocycles. The van der Waals surface area contributed by atoms with Gasteiger partial charge < -0.3 is 0 Å². The Labute approximate surface area is 194 Å². The van der Waals surface area contributed by atoms with E-state index >= 15 is 0 Å². The Bertz CT molecular complexity index is 1300. The molecule has 172 valence electrons. The van der Waals surface area contributed by atoms with Gasteiger partial charge in [0.25, 0.3) is 17.3 Å². The van der Waals surface area contributed by atoms with Crippen LogP contribution in [0.5, 0.6) is 0 Å². The quantitative estimate of drug-likeness (QED) is 0.287. The summed E-state index contributed by atoms with van der Waals surface area (Å²) in [7, 11) is 0. The number of hydrogen-bond donors (Lipinski definition) is 2. The van der Waals surface area contributed by atoms with Crippen LogP contribution >= 0.6 is 0 Å². The van der Waals surface area contributed by atoms with Gasteiger partial charge in [0.15, 0.2) is 0 Å². The van der Waals surface area contributed by atoms with Crippen molar-refractivity contribution in [2.45, 2.75) is 13.8 Å². The molecule has 0 aliphatic heterocycles. The normalized spacial score (nSPS) is 11.6. The van der Waals surface area contributed by atoms with E-state index < -0.39 is 15.8 Å². The van der Waals surface area contributed by atoms with Crippen LogP contribution in [0.3, 0.4) is 0 Å². The lowest BCUT2D eigenvalue weighted by atomic mass is 10.1. The fraction of sp³-hybridized carbons (Fsp3) is 0.0870. The maximum atomic E-state index is 12.4. The molecule has 0 aromatic heterocycles. The molecule has 0 radical (unpaired) electrons. The van der Waals surface area contributed by atoms with E-state index in [1.807, 2.05) is 0 Å². The van der Waals surface area contributed by atoms with Gasteiger partial charge in [-0.15, -0.1) is 0 Å². The lowest BCUT2D eigenvalue weighted by Crippen LogP contribution is -2.19. The Morgan fingerprint density at radius 3 is 1.74 bits per heavy atom. The molecule has 11 nitrogen and oxygen atoms in total. The molecule has 3 aromatic carbocycles. The lowest BCUT2D eigenvalue weighted by Gasteiger charge is -2.06. The van der Waals surface area contributed by atoms with Crippen LogP contribution < -0.4 is 10.9 Å². The molecule has 3 aromatic rings. The van der Waals surface area contributed by atoms with Gasteiger partial charge in [-0.25, -0.2) is 5.43 Å². The molecule has 0 spiro atoms. The van der Waals surface area contributed by atoms with Crippen molar-refractivity contribution in [2.24, 2.45) is 10.2 Å². The molecule has 0 bridgehead atoms. The lowest BCUT2D eigenvalue weighted by molar-refractivity contribution is -0.385. The van der Waals surface area contributed by atoms with Crippen LogP contribution in [0.2, 0.25) is 0 Å². The highest BCUT2D eigenvalue weighted by atomic mass is 16.6. The summed E-state index contributed by atoms with van der Waals surface area (Å²) < 4.78 is 0. The maximum absolute atomic E-state index is 12.4. The Kier molecular flexibility index (Phi) is 7.39. The minimum absolute atomic E-state index is 0.0224. The number of carbonyl (C=O) groups excluding carboxylic acids is 1. The number of benzene rings is 3. The van der Waals surface area contributed by atoms with Crippen LogP contribution in [0.25, 0.3) is 0 Å². The third-order valence-corrected chi connectivity index (χ3v) is 4.77. The molecular weight excluding hydrogens is 440 g/mol. The number of amides is 1. The predicted octanol–water partition coefficient (Wildman–Crippen LogP) is 4.49. The molecule has 1 amide bonds. The van der Waals surface area contributed by atoms with E-state index in [0.29, 0.717) is 33.8 Å². The molecule has 11 heteroatoms. The van der Waals surface area contributed by atoms with Crippen molar-refractivity contribution >= 4 is 34.4 Å². The predicted molar refractivity (Wildman–Crippen MR) is 128 cm³/mol. The summed E-state index contributed by atoms with van der Waals surface area (Å²) in [4.78, 5) is 33.2. The molecule has 2 N–H and O–H groups in total. The number of nitro benzene ring substituents is 2. The van der Waals surface area contributed by atoms with Gasteiger partial charge >= 0.3 is 0 Å². The van der Waals surface area contributed by atoms with Gasteiger partial charge in [0, 0.05) is 41.0 Å². The molecule has 0 unspecified atom stereocenters. The second-order valence-corrected chi connectivity index (χ2v) is 7.14. The molecule has 34 heavy (non-hydrogen) atoms. The summed E-state index contributed by atoms with van der Waals surface area (Å²) in [6.07, 6.45) is 0. The summed E-state index contributed by atoms with van der Waals surface area (Å²) in [6.45, 7) is 3.35. The molecule has 0 saturated carbocycles. The fourth-order valence-corrected chi connectivity index (χ4v) is 2.86. The van der Waals surface area contributed by atoms with Gasteiger partial charge in [-0.3, -0.25) is 30.4 Å². The second kappa shape index (κ2) is 10.6. The molecule has 0 saturated heterocycles. The van der Waals surface area contributed by atoms with E-state index in [4.69, 9.17) is 0 Å². The maximum Gasteiger partial charge on any atom is 0.271 e. The molecule has 0 atom stereocenters. The first-order chi connectivity index (χ1) is 16.2. The van der Waals surface area contributed by atoms with Crippen LogP contribution in [0.4, 0.5) is 17.1 Å². The van der Waals surface area contributed by atoms with E-state index in [0.717, 1.165) is 0 Å². The summed E-state index contributed by atoms with van der Waals surface area (Å²) >= 11 is 0. The Morgan fingerprint density at radius 1 is 0.735 bits per heavy atom. The highest BCUT2D eigenvalue weighted by molar-refractivity contribution is 6.01. The first kappa shape index (κ1) is 23.7. The summed E-state index contributed by atoms with van der Waals surface area (Å²) in [5.74, 6) is -0.451. The van der Waals surface area contributed by atoms with Gasteiger partial charge in [0.05, 0.1) is 27.0 Å². The summed E-state index contributed by atoms with van der Waals surface area (Å²) in [5, 5.41) is 30.1. The number of nitro groups is 2. The van der Waals surface area contributed by atoms with E-state index in [-0.39, 0.29) is 11.4 Å². The molecule has 0 fully saturated rings. The average Bonchev–Trinajstić information content (AvgIpc) is 2.86. The van der Waals surface area contributed by atoms with Crippen molar-refractivity contribution in [1.29, 1.82) is 0 Å².